The van der Waals surface area contributed by atoms with Crippen LogP contribution in [0.1, 0.15) is 17.2 Å². The lowest BCUT2D eigenvalue weighted by molar-refractivity contribution is -0.277. The van der Waals surface area contributed by atoms with Crippen LogP contribution in [0, 0.1) is 11.8 Å². The third kappa shape index (κ3) is 7.35. The number of rotatable bonds is 12. The molecular formula is C32H44O16. The quantitative estimate of drug-likeness (QED) is 0.113. The van der Waals surface area contributed by atoms with Gasteiger partial charge in [-0.3, -0.25) is 0 Å². The molecule has 0 radical (unpaired) electrons. The third-order valence-corrected chi connectivity index (χ3v) is 9.12. The second kappa shape index (κ2) is 15.8. The molecule has 5 rings (SSSR count). The summed E-state index contributed by atoms with van der Waals surface area (Å²) in [6, 6.07) is 10.1. The molecule has 0 saturated carbocycles. The van der Waals surface area contributed by atoms with Crippen molar-refractivity contribution in [2.45, 2.75) is 73.9 Å². The SMILES string of the molecule is COc1cc(C[C@@H]2CO[C@@H](c3ccc(O[C@@H]4O[C@H](CO)[C@@H](O)[C@H](O)[C@H]4O)c(OC)c3)[C@@H]2CO)ccc1O[C@@H]1O[C@H](CO)[C@@H](O)[C@H](O)[C@H]1O. The first-order valence-electron chi connectivity index (χ1n) is 15.6. The van der Waals surface area contributed by atoms with Crippen molar-refractivity contribution in [3.05, 3.63) is 47.5 Å². The van der Waals surface area contributed by atoms with E-state index in [-0.39, 0.29) is 35.7 Å². The smallest absolute Gasteiger partial charge is 0.229 e. The maximum absolute atomic E-state index is 10.4. The zero-order chi connectivity index (χ0) is 34.7. The average Bonchev–Trinajstić information content (AvgIpc) is 3.51. The van der Waals surface area contributed by atoms with E-state index in [1.807, 2.05) is 0 Å². The Morgan fingerprint density at radius 3 is 1.65 bits per heavy atom. The highest BCUT2D eigenvalue weighted by Crippen LogP contribution is 2.43. The molecule has 3 aliphatic heterocycles. The highest BCUT2D eigenvalue weighted by molar-refractivity contribution is 5.45. The van der Waals surface area contributed by atoms with Crippen LogP contribution in [0.2, 0.25) is 0 Å². The average molecular weight is 685 g/mol. The number of hydrogen-bond donors (Lipinski definition) is 9. The Morgan fingerprint density at radius 1 is 0.625 bits per heavy atom. The molecule has 9 N–H and O–H groups in total. The van der Waals surface area contributed by atoms with Crippen molar-refractivity contribution in [3.8, 4) is 23.0 Å². The summed E-state index contributed by atoms with van der Waals surface area (Å²) in [5, 5.41) is 90.4. The van der Waals surface area contributed by atoms with Crippen LogP contribution in [0.5, 0.6) is 23.0 Å². The van der Waals surface area contributed by atoms with E-state index in [9.17, 15) is 46.0 Å². The molecular weight excluding hydrogens is 640 g/mol. The molecule has 2 aromatic rings. The molecule has 0 aromatic heterocycles. The monoisotopic (exact) mass is 684 g/mol. The topological polar surface area (TPSA) is 247 Å². The summed E-state index contributed by atoms with van der Waals surface area (Å²) in [5.74, 6) is 0.496. The Balaban J connectivity index is 1.26. The van der Waals surface area contributed by atoms with Crippen molar-refractivity contribution in [1.29, 1.82) is 0 Å². The van der Waals surface area contributed by atoms with Crippen LogP contribution >= 0.6 is 0 Å². The molecule has 3 aliphatic rings. The number of aliphatic hydroxyl groups is 9. The highest BCUT2D eigenvalue weighted by atomic mass is 16.7. The fourth-order valence-electron chi connectivity index (χ4n) is 6.30. The fourth-order valence-corrected chi connectivity index (χ4v) is 6.30. The largest absolute Gasteiger partial charge is 0.493 e. The summed E-state index contributed by atoms with van der Waals surface area (Å²) in [5.41, 5.74) is 1.52. The maximum Gasteiger partial charge on any atom is 0.229 e. The molecule has 13 atom stereocenters. The van der Waals surface area contributed by atoms with Gasteiger partial charge in [-0.15, -0.1) is 0 Å². The number of methoxy groups -OCH3 is 2. The van der Waals surface area contributed by atoms with Crippen molar-refractivity contribution in [1.82, 2.24) is 0 Å². The number of hydrogen-bond acceptors (Lipinski definition) is 16. The molecule has 0 unspecified atom stereocenters. The van der Waals surface area contributed by atoms with Crippen LogP contribution in [0.15, 0.2) is 36.4 Å². The van der Waals surface area contributed by atoms with E-state index in [1.54, 1.807) is 36.4 Å². The van der Waals surface area contributed by atoms with Gasteiger partial charge in [0.05, 0.1) is 40.1 Å². The van der Waals surface area contributed by atoms with Crippen LogP contribution < -0.4 is 18.9 Å². The summed E-state index contributed by atoms with van der Waals surface area (Å²) in [6.45, 7) is -1.05. The van der Waals surface area contributed by atoms with E-state index >= 15 is 0 Å². The summed E-state index contributed by atoms with van der Waals surface area (Å²) >= 11 is 0. The van der Waals surface area contributed by atoms with Crippen molar-refractivity contribution in [2.24, 2.45) is 11.8 Å². The molecule has 3 fully saturated rings. The minimum atomic E-state index is -1.61. The normalized spacial score (nSPS) is 36.9. The van der Waals surface area contributed by atoms with Crippen LogP contribution in [0.25, 0.3) is 0 Å². The number of aliphatic hydroxyl groups excluding tert-OH is 9. The van der Waals surface area contributed by atoms with Gasteiger partial charge in [0.2, 0.25) is 12.6 Å². The first kappa shape index (κ1) is 36.4. The van der Waals surface area contributed by atoms with Crippen LogP contribution in [0.4, 0.5) is 0 Å². The van der Waals surface area contributed by atoms with Gasteiger partial charge < -0.3 is 79.1 Å². The van der Waals surface area contributed by atoms with E-state index < -0.39 is 80.7 Å². The maximum atomic E-state index is 10.4. The van der Waals surface area contributed by atoms with E-state index in [1.165, 1.54) is 14.2 Å². The van der Waals surface area contributed by atoms with Crippen LogP contribution in [0.3, 0.4) is 0 Å². The van der Waals surface area contributed by atoms with Crippen molar-refractivity contribution < 1.29 is 79.1 Å². The zero-order valence-corrected chi connectivity index (χ0v) is 26.4. The fraction of sp³-hybridized carbons (Fsp3) is 0.625. The van der Waals surface area contributed by atoms with E-state index in [4.69, 9.17) is 33.2 Å². The first-order valence-corrected chi connectivity index (χ1v) is 15.6. The molecule has 268 valence electrons. The van der Waals surface area contributed by atoms with Gasteiger partial charge in [-0.2, -0.15) is 0 Å². The lowest BCUT2D eigenvalue weighted by Gasteiger charge is -2.39. The van der Waals surface area contributed by atoms with Gasteiger partial charge >= 0.3 is 0 Å². The van der Waals surface area contributed by atoms with Gasteiger partial charge in [-0.25, -0.2) is 0 Å². The van der Waals surface area contributed by atoms with Crippen molar-refractivity contribution in [2.75, 3.05) is 40.6 Å². The van der Waals surface area contributed by atoms with Crippen LogP contribution in [-0.2, 0) is 20.6 Å². The lowest BCUT2D eigenvalue weighted by atomic mass is 9.84. The van der Waals surface area contributed by atoms with Crippen LogP contribution in [-0.4, -0.2) is 148 Å². The molecule has 16 heteroatoms. The summed E-state index contributed by atoms with van der Waals surface area (Å²) < 4.78 is 39.6. The minimum absolute atomic E-state index is 0.113. The second-order valence-electron chi connectivity index (χ2n) is 12.1. The molecule has 3 saturated heterocycles. The molecule has 0 bridgehead atoms. The summed E-state index contributed by atoms with van der Waals surface area (Å²) in [7, 11) is 2.85. The standard InChI is InChI=1S/C32H44O16/c1-42-20-8-14(3-5-18(20)45-31-28(40)26(38)24(36)22(11-34)47-31)7-16-13-44-30(17(16)10-33)15-4-6-19(21(9-15)43-2)46-32-29(41)27(39)25(37)23(12-35)48-32/h3-6,8-9,16-17,22-41H,7,10-13H2,1-2H3/t16-,17-,22-,23-,24-,25-,26+,27+,28-,29-,30+,31-,32-/m1/s1. The summed E-state index contributed by atoms with van der Waals surface area (Å²) in [6.07, 6.45) is -14.5. The molecule has 0 aliphatic carbocycles. The van der Waals surface area contributed by atoms with Gasteiger partial charge in [0.15, 0.2) is 23.0 Å². The van der Waals surface area contributed by atoms with Gasteiger partial charge in [-0.05, 0) is 47.7 Å². The molecule has 0 amide bonds. The second-order valence-corrected chi connectivity index (χ2v) is 12.1. The Bertz CT molecular complexity index is 1340. The van der Waals surface area contributed by atoms with Gasteiger partial charge in [0.1, 0.15) is 48.8 Å². The Kier molecular flexibility index (Phi) is 12.0. The Labute approximate surface area is 276 Å². The van der Waals surface area contributed by atoms with E-state index in [2.05, 4.69) is 0 Å². The predicted molar refractivity (Wildman–Crippen MR) is 161 cm³/mol. The summed E-state index contributed by atoms with van der Waals surface area (Å²) in [4.78, 5) is 0. The van der Waals surface area contributed by atoms with Gasteiger partial charge in [0, 0.05) is 12.5 Å². The highest BCUT2D eigenvalue weighted by Gasteiger charge is 2.46. The minimum Gasteiger partial charge on any atom is -0.493 e. The third-order valence-electron chi connectivity index (χ3n) is 9.12. The van der Waals surface area contributed by atoms with E-state index in [0.717, 1.165) is 5.56 Å². The molecule has 48 heavy (non-hydrogen) atoms. The lowest BCUT2D eigenvalue weighted by Crippen LogP contribution is -2.60. The van der Waals surface area contributed by atoms with Gasteiger partial charge in [-0.1, -0.05) is 12.1 Å². The van der Waals surface area contributed by atoms with E-state index in [0.29, 0.717) is 24.3 Å². The first-order chi connectivity index (χ1) is 23.0. The Morgan fingerprint density at radius 2 is 1.15 bits per heavy atom. The number of ether oxygens (including phenoxy) is 7. The van der Waals surface area contributed by atoms with Crippen molar-refractivity contribution in [3.63, 3.8) is 0 Å². The predicted octanol–water partition coefficient (Wildman–Crippen LogP) is -2.40. The number of benzene rings is 2. The molecule has 2 aromatic carbocycles. The van der Waals surface area contributed by atoms with Gasteiger partial charge in [0.25, 0.3) is 0 Å². The zero-order valence-electron chi connectivity index (χ0n) is 26.4. The molecule has 0 spiro atoms. The molecule has 3 heterocycles. The molecule has 16 nitrogen and oxygen atoms in total. The Hall–Kier alpha value is -2.84. The van der Waals surface area contributed by atoms with Crippen molar-refractivity contribution >= 4 is 0 Å².